The van der Waals surface area contributed by atoms with Crippen LogP contribution >= 0.6 is 11.6 Å². The minimum Gasteiger partial charge on any atom is -0.244 e. The van der Waals surface area contributed by atoms with Crippen molar-refractivity contribution in [2.45, 2.75) is 43.2 Å². The lowest BCUT2D eigenvalue weighted by Gasteiger charge is -2.34. The molecule has 0 radical (unpaired) electrons. The largest absolute Gasteiger partial charge is 0.244 e. The third kappa shape index (κ3) is 2.28. The van der Waals surface area contributed by atoms with Crippen LogP contribution in [0.3, 0.4) is 0 Å². The smallest absolute Gasteiger partial charge is 0.243 e. The first-order valence-electron chi connectivity index (χ1n) is 7.57. The van der Waals surface area contributed by atoms with E-state index in [0.29, 0.717) is 11.4 Å². The lowest BCUT2D eigenvalue weighted by Crippen LogP contribution is -2.42. The molecule has 0 amide bonds. The Hall–Kier alpha value is -1.50. The fraction of sp³-hybridized carbons (Fsp3) is 0.375. The summed E-state index contributed by atoms with van der Waals surface area (Å²) in [7, 11) is -3.59. The van der Waals surface area contributed by atoms with Crippen molar-refractivity contribution in [3.05, 3.63) is 52.6 Å². The minimum absolute atomic E-state index is 0.0347. The van der Waals surface area contributed by atoms with Gasteiger partial charge in [0.15, 0.2) is 0 Å². The Labute approximate surface area is 140 Å². The van der Waals surface area contributed by atoms with Gasteiger partial charge in [-0.15, -0.1) is 0 Å². The average molecular weight is 350 g/mol. The molecule has 2 aromatic rings. The maximum atomic E-state index is 13.1. The standard InChI is InChI=1S/C16H16ClN3O2S/c1-10-2-4-12(7-14(10)17)23(21,22)20-11-3-5-16(20)13-8-18-9-19-15(13)6-11/h2,4,7-9,11,16H,3,5-6H2,1H3. The number of sulfonamides is 1. The molecule has 120 valence electrons. The summed E-state index contributed by atoms with van der Waals surface area (Å²) < 4.78 is 27.9. The van der Waals surface area contributed by atoms with Gasteiger partial charge >= 0.3 is 0 Å². The van der Waals surface area contributed by atoms with Gasteiger partial charge in [-0.25, -0.2) is 18.4 Å². The SMILES string of the molecule is Cc1ccc(S(=O)(=O)N2C3CCC2c2cncnc2C3)cc1Cl. The molecule has 7 heteroatoms. The maximum Gasteiger partial charge on any atom is 0.243 e. The molecular formula is C16H16ClN3O2S. The van der Waals surface area contributed by atoms with Crippen LogP contribution in [-0.2, 0) is 16.4 Å². The van der Waals surface area contributed by atoms with Gasteiger partial charge in [0.05, 0.1) is 16.6 Å². The first-order valence-corrected chi connectivity index (χ1v) is 9.39. The summed E-state index contributed by atoms with van der Waals surface area (Å²) in [5.74, 6) is 0. The highest BCUT2D eigenvalue weighted by atomic mass is 35.5. The van der Waals surface area contributed by atoms with E-state index in [1.54, 1.807) is 28.7 Å². The molecule has 1 aromatic heterocycles. The van der Waals surface area contributed by atoms with Crippen molar-refractivity contribution in [3.8, 4) is 0 Å². The predicted molar refractivity (Wildman–Crippen MR) is 86.7 cm³/mol. The van der Waals surface area contributed by atoms with Crippen molar-refractivity contribution >= 4 is 21.6 Å². The van der Waals surface area contributed by atoms with Crippen LogP contribution in [0, 0.1) is 6.92 Å². The summed E-state index contributed by atoms with van der Waals surface area (Å²) in [6.45, 7) is 1.86. The number of hydrogen-bond donors (Lipinski definition) is 0. The molecule has 0 saturated carbocycles. The zero-order chi connectivity index (χ0) is 16.2. The normalized spacial score (nSPS) is 23.7. The number of rotatable bonds is 2. The van der Waals surface area contributed by atoms with E-state index >= 15 is 0 Å². The third-order valence-corrected chi connectivity index (χ3v) is 7.14. The number of aromatic nitrogens is 2. The van der Waals surface area contributed by atoms with Crippen molar-refractivity contribution in [1.29, 1.82) is 0 Å². The van der Waals surface area contributed by atoms with E-state index in [0.717, 1.165) is 29.7 Å². The van der Waals surface area contributed by atoms with Crippen molar-refractivity contribution in [2.75, 3.05) is 0 Å². The molecule has 2 aliphatic rings. The number of hydrogen-bond acceptors (Lipinski definition) is 4. The fourth-order valence-corrected chi connectivity index (χ4v) is 5.72. The van der Waals surface area contributed by atoms with E-state index in [9.17, 15) is 8.42 Å². The minimum atomic E-state index is -3.59. The van der Waals surface area contributed by atoms with Gasteiger partial charge in [-0.2, -0.15) is 4.31 Å². The van der Waals surface area contributed by atoms with Gasteiger partial charge in [-0.1, -0.05) is 17.7 Å². The summed E-state index contributed by atoms with van der Waals surface area (Å²) in [6, 6.07) is 4.72. The van der Waals surface area contributed by atoms with Gasteiger partial charge < -0.3 is 0 Å². The molecule has 2 aliphatic heterocycles. The highest BCUT2D eigenvalue weighted by molar-refractivity contribution is 7.89. The lowest BCUT2D eigenvalue weighted by atomic mass is 10.0. The van der Waals surface area contributed by atoms with Crippen molar-refractivity contribution in [1.82, 2.24) is 14.3 Å². The summed E-state index contributed by atoms with van der Waals surface area (Å²) in [5, 5.41) is 0.471. The summed E-state index contributed by atoms with van der Waals surface area (Å²) in [6.07, 6.45) is 5.58. The number of fused-ring (bicyclic) bond motifs is 4. The Morgan fingerprint density at radius 1 is 1.30 bits per heavy atom. The van der Waals surface area contributed by atoms with Crippen LogP contribution < -0.4 is 0 Å². The topological polar surface area (TPSA) is 63.2 Å². The van der Waals surface area contributed by atoms with Crippen LogP contribution in [0.5, 0.6) is 0 Å². The van der Waals surface area contributed by atoms with Crippen LogP contribution in [0.1, 0.15) is 35.7 Å². The van der Waals surface area contributed by atoms with Crippen molar-refractivity contribution in [3.63, 3.8) is 0 Å². The van der Waals surface area contributed by atoms with E-state index in [1.165, 1.54) is 6.33 Å². The Kier molecular flexibility index (Phi) is 3.44. The summed E-state index contributed by atoms with van der Waals surface area (Å²) in [4.78, 5) is 8.65. The number of aryl methyl sites for hydroxylation is 1. The average Bonchev–Trinajstić information content (AvgIpc) is 2.86. The highest BCUT2D eigenvalue weighted by Gasteiger charge is 2.47. The first kappa shape index (κ1) is 15.1. The molecular weight excluding hydrogens is 334 g/mol. The maximum absolute atomic E-state index is 13.1. The Bertz CT molecular complexity index is 885. The molecule has 1 fully saturated rings. The van der Waals surface area contributed by atoms with Gasteiger partial charge in [-0.05, 0) is 37.5 Å². The molecule has 5 nitrogen and oxygen atoms in total. The van der Waals surface area contributed by atoms with E-state index in [2.05, 4.69) is 9.97 Å². The molecule has 0 spiro atoms. The van der Waals surface area contributed by atoms with E-state index < -0.39 is 10.0 Å². The zero-order valence-electron chi connectivity index (χ0n) is 12.6. The highest BCUT2D eigenvalue weighted by Crippen LogP contribution is 2.46. The van der Waals surface area contributed by atoms with Crippen molar-refractivity contribution < 1.29 is 8.42 Å². The van der Waals surface area contributed by atoms with Crippen LogP contribution in [0.2, 0.25) is 5.02 Å². The van der Waals surface area contributed by atoms with Crippen LogP contribution in [0.15, 0.2) is 35.6 Å². The van der Waals surface area contributed by atoms with Gasteiger partial charge in [0, 0.05) is 29.2 Å². The second-order valence-electron chi connectivity index (χ2n) is 6.12. The number of benzene rings is 1. The second-order valence-corrected chi connectivity index (χ2v) is 8.37. The number of nitrogens with zero attached hydrogens (tertiary/aromatic N) is 3. The zero-order valence-corrected chi connectivity index (χ0v) is 14.2. The molecule has 2 atom stereocenters. The van der Waals surface area contributed by atoms with E-state index in [-0.39, 0.29) is 17.0 Å². The molecule has 1 aromatic carbocycles. The lowest BCUT2D eigenvalue weighted by molar-refractivity contribution is 0.300. The molecule has 23 heavy (non-hydrogen) atoms. The van der Waals surface area contributed by atoms with Gasteiger partial charge in [-0.3, -0.25) is 0 Å². The predicted octanol–water partition coefficient (Wildman–Crippen LogP) is 2.89. The summed E-state index contributed by atoms with van der Waals surface area (Å²) in [5.41, 5.74) is 2.77. The monoisotopic (exact) mass is 349 g/mol. The molecule has 0 N–H and O–H groups in total. The second kappa shape index (κ2) is 5.26. The Balaban J connectivity index is 1.80. The van der Waals surface area contributed by atoms with Crippen LogP contribution in [0.25, 0.3) is 0 Å². The van der Waals surface area contributed by atoms with Crippen LogP contribution in [0.4, 0.5) is 0 Å². The first-order chi connectivity index (χ1) is 11.0. The van der Waals surface area contributed by atoms with Crippen molar-refractivity contribution in [2.24, 2.45) is 0 Å². The molecule has 0 aliphatic carbocycles. The molecule has 4 rings (SSSR count). The van der Waals surface area contributed by atoms with E-state index in [4.69, 9.17) is 11.6 Å². The van der Waals surface area contributed by atoms with E-state index in [1.807, 2.05) is 6.92 Å². The van der Waals surface area contributed by atoms with Crippen LogP contribution in [-0.4, -0.2) is 28.7 Å². The third-order valence-electron chi connectivity index (χ3n) is 4.77. The Morgan fingerprint density at radius 3 is 2.91 bits per heavy atom. The number of halogens is 1. The van der Waals surface area contributed by atoms with Gasteiger partial charge in [0.2, 0.25) is 10.0 Å². The molecule has 1 saturated heterocycles. The molecule has 2 bridgehead atoms. The van der Waals surface area contributed by atoms with Gasteiger partial charge in [0.1, 0.15) is 6.33 Å². The fourth-order valence-electron chi connectivity index (χ4n) is 3.60. The molecule has 2 unspecified atom stereocenters. The van der Waals surface area contributed by atoms with Gasteiger partial charge in [0.25, 0.3) is 0 Å². The quantitative estimate of drug-likeness (QED) is 0.836. The summed E-state index contributed by atoms with van der Waals surface area (Å²) >= 11 is 6.13. The molecule has 3 heterocycles. The Morgan fingerprint density at radius 2 is 2.13 bits per heavy atom.